The minimum atomic E-state index is 0.942. The third-order valence-electron chi connectivity index (χ3n) is 2.34. The summed E-state index contributed by atoms with van der Waals surface area (Å²) in [5.74, 6) is 0.942. The van der Waals surface area contributed by atoms with Crippen molar-refractivity contribution in [2.45, 2.75) is 45.1 Å². The van der Waals surface area contributed by atoms with Crippen molar-refractivity contribution in [2.75, 3.05) is 0 Å². The molecule has 1 heterocycles. The van der Waals surface area contributed by atoms with Gasteiger partial charge in [-0.1, -0.05) is 45.1 Å². The van der Waals surface area contributed by atoms with Crippen LogP contribution in [0.2, 0.25) is 18.5 Å². The van der Waals surface area contributed by atoms with E-state index in [1.165, 1.54) is 25.5 Å². The first kappa shape index (κ1) is 6.19. The highest BCUT2D eigenvalue weighted by Gasteiger charge is 2.21. The van der Waals surface area contributed by atoms with Crippen LogP contribution < -0.4 is 0 Å². The summed E-state index contributed by atoms with van der Waals surface area (Å²) in [6.07, 6.45) is 5.97. The molecule has 0 atom stereocenters. The molecule has 0 aromatic heterocycles. The molecule has 0 aliphatic carbocycles. The maximum atomic E-state index is 2.34. The first-order valence-corrected chi connectivity index (χ1v) is 3.80. The van der Waals surface area contributed by atoms with E-state index in [-0.39, 0.29) is 0 Å². The largest absolute Gasteiger partial charge is 0.142 e. The van der Waals surface area contributed by atoms with Crippen molar-refractivity contribution in [3.05, 3.63) is 0 Å². The average molecular weight is 110 g/mol. The van der Waals surface area contributed by atoms with Gasteiger partial charge in [-0.3, -0.25) is 0 Å². The Bertz CT molecular complexity index is 62.8. The predicted octanol–water partition coefficient (Wildman–Crippen LogP) is 2.69. The summed E-state index contributed by atoms with van der Waals surface area (Å²) in [4.78, 5) is 0. The van der Waals surface area contributed by atoms with Gasteiger partial charge in [0.1, 0.15) is 6.71 Å². The van der Waals surface area contributed by atoms with Crippen LogP contribution in [-0.4, -0.2) is 6.71 Å². The third-order valence-corrected chi connectivity index (χ3v) is 2.34. The van der Waals surface area contributed by atoms with Crippen molar-refractivity contribution < 1.29 is 0 Å². The highest BCUT2D eigenvalue weighted by molar-refractivity contribution is 6.60. The van der Waals surface area contributed by atoms with Gasteiger partial charge < -0.3 is 0 Å². The van der Waals surface area contributed by atoms with Crippen molar-refractivity contribution in [1.82, 2.24) is 0 Å². The zero-order valence-corrected chi connectivity index (χ0v) is 5.98. The lowest BCUT2D eigenvalue weighted by atomic mass is 9.41. The standard InChI is InChI=1S/C7H15B/c1-7(2)8-5-3-4-6-8/h7H,3-6H2,1-2H3. The van der Waals surface area contributed by atoms with Crippen molar-refractivity contribution in [3.63, 3.8) is 0 Å². The van der Waals surface area contributed by atoms with Gasteiger partial charge in [0.05, 0.1) is 0 Å². The SMILES string of the molecule is CC(C)B1CCCC1. The smallest absolute Gasteiger partial charge is 0.0740 e. The molecule has 0 radical (unpaired) electrons. The van der Waals surface area contributed by atoms with E-state index in [4.69, 9.17) is 0 Å². The zero-order chi connectivity index (χ0) is 5.98. The van der Waals surface area contributed by atoms with Gasteiger partial charge in [-0.05, 0) is 0 Å². The molecule has 0 unspecified atom stereocenters. The van der Waals surface area contributed by atoms with Crippen molar-refractivity contribution in [3.8, 4) is 0 Å². The Kier molecular flexibility index (Phi) is 1.98. The van der Waals surface area contributed by atoms with E-state index in [0.717, 1.165) is 12.5 Å². The van der Waals surface area contributed by atoms with E-state index >= 15 is 0 Å². The first-order chi connectivity index (χ1) is 3.80. The minimum absolute atomic E-state index is 0.942. The second-order valence-corrected chi connectivity index (χ2v) is 3.29. The predicted molar refractivity (Wildman–Crippen MR) is 39.7 cm³/mol. The fourth-order valence-corrected chi connectivity index (χ4v) is 1.62. The normalized spacial score (nSPS) is 20.6. The molecule has 0 spiro atoms. The quantitative estimate of drug-likeness (QED) is 0.455. The first-order valence-electron chi connectivity index (χ1n) is 3.80. The van der Waals surface area contributed by atoms with E-state index in [1.54, 1.807) is 0 Å². The Labute approximate surface area is 52.7 Å². The molecule has 1 rings (SSSR count). The van der Waals surface area contributed by atoms with Crippen LogP contribution in [0.25, 0.3) is 0 Å². The molecule has 1 fully saturated rings. The summed E-state index contributed by atoms with van der Waals surface area (Å²) < 4.78 is 0. The molecular weight excluding hydrogens is 94.9 g/mol. The monoisotopic (exact) mass is 110 g/mol. The van der Waals surface area contributed by atoms with Gasteiger partial charge in [0.2, 0.25) is 0 Å². The van der Waals surface area contributed by atoms with Gasteiger partial charge in [-0.2, -0.15) is 0 Å². The second kappa shape index (κ2) is 2.57. The summed E-state index contributed by atoms with van der Waals surface area (Å²) in [5.41, 5.74) is 0. The molecule has 46 valence electrons. The molecule has 0 amide bonds. The van der Waals surface area contributed by atoms with E-state index in [0.29, 0.717) is 0 Å². The molecule has 8 heavy (non-hydrogen) atoms. The lowest BCUT2D eigenvalue weighted by molar-refractivity contribution is 0.935. The van der Waals surface area contributed by atoms with Gasteiger partial charge >= 0.3 is 0 Å². The molecule has 1 saturated heterocycles. The molecule has 0 nitrogen and oxygen atoms in total. The molecule has 0 aromatic rings. The Morgan fingerprint density at radius 2 is 1.62 bits per heavy atom. The van der Waals surface area contributed by atoms with Gasteiger partial charge in [0.25, 0.3) is 0 Å². The van der Waals surface area contributed by atoms with E-state index < -0.39 is 0 Å². The number of hydrogen-bond donors (Lipinski definition) is 0. The minimum Gasteiger partial charge on any atom is -0.0740 e. The van der Waals surface area contributed by atoms with Crippen LogP contribution >= 0.6 is 0 Å². The number of hydrogen-bond acceptors (Lipinski definition) is 0. The number of rotatable bonds is 1. The lowest BCUT2D eigenvalue weighted by Gasteiger charge is -2.07. The van der Waals surface area contributed by atoms with Gasteiger partial charge in [0.15, 0.2) is 0 Å². The third kappa shape index (κ3) is 1.27. The lowest BCUT2D eigenvalue weighted by Crippen LogP contribution is -2.09. The summed E-state index contributed by atoms with van der Waals surface area (Å²) in [6.45, 7) is 5.75. The topological polar surface area (TPSA) is 0 Å². The van der Waals surface area contributed by atoms with Crippen molar-refractivity contribution >= 4 is 6.71 Å². The fraction of sp³-hybridized carbons (Fsp3) is 1.00. The van der Waals surface area contributed by atoms with E-state index in [1.807, 2.05) is 0 Å². The Morgan fingerprint density at radius 3 is 1.88 bits per heavy atom. The Balaban J connectivity index is 2.24. The highest BCUT2D eigenvalue weighted by atomic mass is 14.0. The summed E-state index contributed by atoms with van der Waals surface area (Å²) >= 11 is 0. The summed E-state index contributed by atoms with van der Waals surface area (Å²) in [6, 6.07) is 0. The highest BCUT2D eigenvalue weighted by Crippen LogP contribution is 2.27. The van der Waals surface area contributed by atoms with Gasteiger partial charge in [-0.15, -0.1) is 0 Å². The Hall–Kier alpha value is 0.0649. The van der Waals surface area contributed by atoms with Crippen LogP contribution in [0, 0.1) is 0 Å². The molecule has 0 bridgehead atoms. The maximum Gasteiger partial charge on any atom is 0.142 e. The Morgan fingerprint density at radius 1 is 1.12 bits per heavy atom. The molecule has 0 saturated carbocycles. The van der Waals surface area contributed by atoms with Crippen LogP contribution in [0.1, 0.15) is 26.7 Å². The van der Waals surface area contributed by atoms with Crippen molar-refractivity contribution in [2.24, 2.45) is 0 Å². The second-order valence-electron chi connectivity index (χ2n) is 3.29. The summed E-state index contributed by atoms with van der Waals surface area (Å²) in [5, 5.41) is 0. The maximum absolute atomic E-state index is 2.34. The van der Waals surface area contributed by atoms with Crippen LogP contribution in [-0.2, 0) is 0 Å². The average Bonchev–Trinajstić information content (AvgIpc) is 2.12. The van der Waals surface area contributed by atoms with Crippen LogP contribution in [0.5, 0.6) is 0 Å². The molecule has 0 aromatic carbocycles. The van der Waals surface area contributed by atoms with Gasteiger partial charge in [-0.25, -0.2) is 0 Å². The van der Waals surface area contributed by atoms with Gasteiger partial charge in [0, 0.05) is 0 Å². The molecule has 1 aliphatic heterocycles. The van der Waals surface area contributed by atoms with E-state index in [2.05, 4.69) is 13.8 Å². The van der Waals surface area contributed by atoms with Crippen LogP contribution in [0.3, 0.4) is 0 Å². The molecule has 1 heteroatoms. The van der Waals surface area contributed by atoms with Crippen molar-refractivity contribution in [1.29, 1.82) is 0 Å². The molecule has 1 aliphatic rings. The fourth-order valence-electron chi connectivity index (χ4n) is 1.62. The van der Waals surface area contributed by atoms with E-state index in [9.17, 15) is 0 Å². The van der Waals surface area contributed by atoms with Crippen LogP contribution in [0.4, 0.5) is 0 Å². The zero-order valence-electron chi connectivity index (χ0n) is 5.98. The summed E-state index contributed by atoms with van der Waals surface area (Å²) in [7, 11) is 0. The van der Waals surface area contributed by atoms with Crippen LogP contribution in [0.15, 0.2) is 0 Å². The molecule has 0 N–H and O–H groups in total. The molecular formula is C7H15B.